The summed E-state index contributed by atoms with van der Waals surface area (Å²) in [6.45, 7) is 5.80. The first kappa shape index (κ1) is 11.7. The predicted molar refractivity (Wildman–Crippen MR) is 70.2 cm³/mol. The normalized spacial score (nSPS) is 17.6. The summed E-state index contributed by atoms with van der Waals surface area (Å²) in [4.78, 5) is 2.32. The number of allylic oxidation sites excluding steroid dienone is 1. The molecule has 1 heterocycles. The van der Waals surface area contributed by atoms with Gasteiger partial charge in [0.2, 0.25) is 0 Å². The molecule has 0 aromatic heterocycles. The van der Waals surface area contributed by atoms with Crippen molar-refractivity contribution in [3.8, 4) is 0 Å². The molecule has 2 rings (SSSR count). The van der Waals surface area contributed by atoms with E-state index in [0.29, 0.717) is 0 Å². The molecule has 0 radical (unpaired) electrons. The molecular formula is C13H16BrNO. The van der Waals surface area contributed by atoms with Crippen LogP contribution in [0.2, 0.25) is 0 Å². The Bertz CT molecular complexity index is 383. The molecule has 0 amide bonds. The zero-order valence-electron chi connectivity index (χ0n) is 9.45. The fraction of sp³-hybridized carbons (Fsp3) is 0.385. The summed E-state index contributed by atoms with van der Waals surface area (Å²) in [6, 6.07) is 8.39. The summed E-state index contributed by atoms with van der Waals surface area (Å²) in [7, 11) is 0. The average Bonchev–Trinajstić information content (AvgIpc) is 2.30. The Balaban J connectivity index is 2.10. The zero-order valence-corrected chi connectivity index (χ0v) is 11.0. The standard InChI is InChI=1S/C13H16BrNO/c1-11(10-15-5-7-16-8-6-15)12-3-2-4-13(14)9-12/h2-4,9-10H,5-8H2,1H3. The van der Waals surface area contributed by atoms with E-state index in [1.807, 2.05) is 6.07 Å². The molecule has 0 aliphatic carbocycles. The molecule has 0 bridgehead atoms. The van der Waals surface area contributed by atoms with Crippen LogP contribution >= 0.6 is 15.9 Å². The minimum atomic E-state index is 0.836. The molecule has 0 saturated carbocycles. The Labute approximate surface area is 105 Å². The van der Waals surface area contributed by atoms with Crippen molar-refractivity contribution < 1.29 is 4.74 Å². The van der Waals surface area contributed by atoms with Crippen LogP contribution in [-0.2, 0) is 4.74 Å². The van der Waals surface area contributed by atoms with Crippen LogP contribution in [0, 0.1) is 0 Å². The van der Waals surface area contributed by atoms with Crippen LogP contribution in [0.3, 0.4) is 0 Å². The second-order valence-corrected chi connectivity index (χ2v) is 4.89. The average molecular weight is 282 g/mol. The fourth-order valence-electron chi connectivity index (χ4n) is 1.79. The molecular weight excluding hydrogens is 266 g/mol. The van der Waals surface area contributed by atoms with Crippen LogP contribution < -0.4 is 0 Å². The largest absolute Gasteiger partial charge is 0.378 e. The van der Waals surface area contributed by atoms with Gasteiger partial charge in [-0.25, -0.2) is 0 Å². The van der Waals surface area contributed by atoms with Crippen LogP contribution in [0.25, 0.3) is 5.57 Å². The Hall–Kier alpha value is -0.800. The van der Waals surface area contributed by atoms with Gasteiger partial charge in [-0.3, -0.25) is 0 Å². The van der Waals surface area contributed by atoms with Crippen molar-refractivity contribution >= 4 is 21.5 Å². The van der Waals surface area contributed by atoms with Gasteiger partial charge in [-0.05, 0) is 30.2 Å². The molecule has 3 heteroatoms. The lowest BCUT2D eigenvalue weighted by Crippen LogP contribution is -2.32. The first-order valence-corrected chi connectivity index (χ1v) is 6.31. The van der Waals surface area contributed by atoms with Crippen molar-refractivity contribution in [2.24, 2.45) is 0 Å². The van der Waals surface area contributed by atoms with Crippen molar-refractivity contribution in [3.05, 3.63) is 40.5 Å². The number of ether oxygens (including phenoxy) is 1. The summed E-state index contributed by atoms with van der Waals surface area (Å²) >= 11 is 3.49. The van der Waals surface area contributed by atoms with Gasteiger partial charge in [-0.2, -0.15) is 0 Å². The molecule has 1 aromatic rings. The number of rotatable bonds is 2. The number of halogens is 1. The third-order valence-corrected chi connectivity index (χ3v) is 3.20. The van der Waals surface area contributed by atoms with Gasteiger partial charge in [0.1, 0.15) is 0 Å². The van der Waals surface area contributed by atoms with Gasteiger partial charge in [-0.15, -0.1) is 0 Å². The third kappa shape index (κ3) is 3.09. The minimum Gasteiger partial charge on any atom is -0.378 e. The second-order valence-electron chi connectivity index (χ2n) is 3.97. The molecule has 1 saturated heterocycles. The first-order chi connectivity index (χ1) is 7.75. The van der Waals surface area contributed by atoms with E-state index in [1.165, 1.54) is 11.1 Å². The maximum Gasteiger partial charge on any atom is 0.0642 e. The Morgan fingerprint density at radius 2 is 2.12 bits per heavy atom. The summed E-state index contributed by atoms with van der Waals surface area (Å²) in [5.74, 6) is 0. The molecule has 0 unspecified atom stereocenters. The molecule has 1 aliphatic rings. The molecule has 1 aliphatic heterocycles. The van der Waals surface area contributed by atoms with Crippen molar-refractivity contribution in [1.29, 1.82) is 0 Å². The van der Waals surface area contributed by atoms with Gasteiger partial charge in [0.15, 0.2) is 0 Å². The molecule has 0 spiro atoms. The van der Waals surface area contributed by atoms with Crippen LogP contribution in [0.4, 0.5) is 0 Å². The molecule has 1 aromatic carbocycles. The van der Waals surface area contributed by atoms with Crippen LogP contribution in [0.5, 0.6) is 0 Å². The Kier molecular flexibility index (Phi) is 4.02. The van der Waals surface area contributed by atoms with Gasteiger partial charge < -0.3 is 9.64 Å². The van der Waals surface area contributed by atoms with Gasteiger partial charge in [0.05, 0.1) is 13.2 Å². The maximum absolute atomic E-state index is 5.33. The molecule has 2 nitrogen and oxygen atoms in total. The summed E-state index contributed by atoms with van der Waals surface area (Å²) in [6.07, 6.45) is 2.23. The zero-order chi connectivity index (χ0) is 11.4. The van der Waals surface area contributed by atoms with E-state index in [-0.39, 0.29) is 0 Å². The van der Waals surface area contributed by atoms with E-state index >= 15 is 0 Å². The first-order valence-electron chi connectivity index (χ1n) is 5.52. The van der Waals surface area contributed by atoms with Crippen molar-refractivity contribution in [1.82, 2.24) is 4.90 Å². The van der Waals surface area contributed by atoms with Crippen LogP contribution in [0.1, 0.15) is 12.5 Å². The highest BCUT2D eigenvalue weighted by molar-refractivity contribution is 9.10. The van der Waals surface area contributed by atoms with E-state index in [4.69, 9.17) is 4.74 Å². The highest BCUT2D eigenvalue weighted by Crippen LogP contribution is 2.19. The highest BCUT2D eigenvalue weighted by atomic mass is 79.9. The smallest absolute Gasteiger partial charge is 0.0642 e. The highest BCUT2D eigenvalue weighted by Gasteiger charge is 2.07. The van der Waals surface area contributed by atoms with Crippen LogP contribution in [-0.4, -0.2) is 31.2 Å². The number of hydrogen-bond acceptors (Lipinski definition) is 2. The number of benzene rings is 1. The molecule has 0 atom stereocenters. The predicted octanol–water partition coefficient (Wildman–Crippen LogP) is 3.14. The van der Waals surface area contributed by atoms with Gasteiger partial charge in [-0.1, -0.05) is 28.1 Å². The second kappa shape index (κ2) is 5.51. The van der Waals surface area contributed by atoms with E-state index in [0.717, 1.165) is 30.8 Å². The molecule has 0 N–H and O–H groups in total. The minimum absolute atomic E-state index is 0.836. The molecule has 1 fully saturated rings. The van der Waals surface area contributed by atoms with Crippen molar-refractivity contribution in [2.45, 2.75) is 6.92 Å². The van der Waals surface area contributed by atoms with Crippen molar-refractivity contribution in [2.75, 3.05) is 26.3 Å². The topological polar surface area (TPSA) is 12.5 Å². The lowest BCUT2D eigenvalue weighted by atomic mass is 10.1. The Morgan fingerprint density at radius 1 is 1.38 bits per heavy atom. The van der Waals surface area contributed by atoms with Gasteiger partial charge in [0, 0.05) is 23.8 Å². The summed E-state index contributed by atoms with van der Waals surface area (Å²) < 4.78 is 6.45. The van der Waals surface area contributed by atoms with Crippen molar-refractivity contribution in [3.63, 3.8) is 0 Å². The number of nitrogens with zero attached hydrogens (tertiary/aromatic N) is 1. The molecule has 86 valence electrons. The lowest BCUT2D eigenvalue weighted by Gasteiger charge is -2.26. The van der Waals surface area contributed by atoms with Gasteiger partial charge in [0.25, 0.3) is 0 Å². The van der Waals surface area contributed by atoms with Gasteiger partial charge >= 0.3 is 0 Å². The van der Waals surface area contributed by atoms with E-state index in [2.05, 4.69) is 52.2 Å². The van der Waals surface area contributed by atoms with E-state index in [1.54, 1.807) is 0 Å². The molecule has 16 heavy (non-hydrogen) atoms. The quantitative estimate of drug-likeness (QED) is 0.826. The monoisotopic (exact) mass is 281 g/mol. The summed E-state index contributed by atoms with van der Waals surface area (Å²) in [5.41, 5.74) is 2.56. The number of hydrogen-bond donors (Lipinski definition) is 0. The lowest BCUT2D eigenvalue weighted by molar-refractivity contribution is 0.0596. The van der Waals surface area contributed by atoms with E-state index < -0.39 is 0 Å². The fourth-order valence-corrected chi connectivity index (χ4v) is 2.19. The third-order valence-electron chi connectivity index (χ3n) is 2.70. The maximum atomic E-state index is 5.33. The SMILES string of the molecule is CC(=CN1CCOCC1)c1cccc(Br)c1. The number of morpholine rings is 1. The Morgan fingerprint density at radius 3 is 2.81 bits per heavy atom. The summed E-state index contributed by atoms with van der Waals surface area (Å²) in [5, 5.41) is 0. The van der Waals surface area contributed by atoms with Crippen LogP contribution in [0.15, 0.2) is 34.9 Å². The van der Waals surface area contributed by atoms with E-state index in [9.17, 15) is 0 Å².